The summed E-state index contributed by atoms with van der Waals surface area (Å²) < 4.78 is 8.74. The molecule has 3 aliphatic rings. The average Bonchev–Trinajstić information content (AvgIpc) is 3.33. The first kappa shape index (κ1) is 30.2. The smallest absolute Gasteiger partial charge is 0.339 e. The molecule has 0 fully saturated rings. The Kier molecular flexibility index (Phi) is 7.56. The number of aromatic hydroxyl groups is 1. The highest BCUT2D eigenvalue weighted by atomic mass is 16.5. The van der Waals surface area contributed by atoms with E-state index in [0.717, 1.165) is 30.4 Å². The maximum atomic E-state index is 11.8. The topological polar surface area (TPSA) is 73.0 Å². The number of allylic oxidation sites excluding steroid dienone is 7. The van der Waals surface area contributed by atoms with Gasteiger partial charge in [0.25, 0.3) is 0 Å². The second-order valence-electron chi connectivity index (χ2n) is 13.1. The number of aromatic carboxylic acids is 1. The molecule has 0 atom stereocenters. The van der Waals surface area contributed by atoms with Crippen LogP contribution in [-0.4, -0.2) is 40.6 Å². The summed E-state index contributed by atoms with van der Waals surface area (Å²) in [6.07, 6.45) is 11.1. The van der Waals surface area contributed by atoms with E-state index in [1.54, 1.807) is 12.1 Å². The lowest BCUT2D eigenvalue weighted by Crippen LogP contribution is -2.26. The number of benzene rings is 3. The molecule has 0 amide bonds. The Morgan fingerprint density at radius 3 is 2.31 bits per heavy atom. The van der Waals surface area contributed by atoms with Crippen molar-refractivity contribution in [2.24, 2.45) is 0 Å². The minimum atomic E-state index is -1.20. The van der Waals surface area contributed by atoms with E-state index in [4.69, 9.17) is 4.74 Å². The number of hydrogen-bond acceptors (Lipinski definition) is 4. The molecule has 3 aromatic rings. The maximum absolute atomic E-state index is 11.8. The zero-order chi connectivity index (χ0) is 32.1. The molecule has 0 saturated heterocycles. The highest BCUT2D eigenvalue weighted by Gasteiger charge is 2.42. The minimum Gasteiger partial charge on any atom is -0.504 e. The van der Waals surface area contributed by atoms with Crippen molar-refractivity contribution in [1.29, 1.82) is 0 Å². The van der Waals surface area contributed by atoms with E-state index < -0.39 is 5.97 Å². The van der Waals surface area contributed by atoms with Crippen LogP contribution in [0.3, 0.4) is 0 Å². The number of phenols is 1. The van der Waals surface area contributed by atoms with E-state index in [0.29, 0.717) is 5.76 Å². The lowest BCUT2D eigenvalue weighted by atomic mass is 9.81. The van der Waals surface area contributed by atoms with Crippen LogP contribution in [0.15, 0.2) is 114 Å². The van der Waals surface area contributed by atoms with Gasteiger partial charge in [0.05, 0.1) is 5.41 Å². The Hall–Kier alpha value is -4.84. The fourth-order valence-electron chi connectivity index (χ4n) is 7.20. The van der Waals surface area contributed by atoms with Gasteiger partial charge in [0.2, 0.25) is 5.69 Å². The minimum absolute atomic E-state index is 0.125. The van der Waals surface area contributed by atoms with Crippen LogP contribution in [0, 0.1) is 0 Å². The zero-order valence-electron chi connectivity index (χ0n) is 26.9. The number of carboxylic acids is 1. The number of likely N-dealkylation sites (N-methyl/N-ethyl adjacent to an activating group) is 1. The lowest BCUT2D eigenvalue weighted by molar-refractivity contribution is -0.401. The van der Waals surface area contributed by atoms with E-state index in [2.05, 4.69) is 124 Å². The van der Waals surface area contributed by atoms with Gasteiger partial charge in [0.15, 0.2) is 17.2 Å². The predicted octanol–water partition coefficient (Wildman–Crippen LogP) is 8.41. The number of nitrogens with zero attached hydrogens (tertiary/aromatic N) is 2. The number of ether oxygens (including phenoxy) is 1. The van der Waals surface area contributed by atoms with Crippen LogP contribution in [0.25, 0.3) is 0 Å². The molecule has 45 heavy (non-hydrogen) atoms. The summed E-state index contributed by atoms with van der Waals surface area (Å²) in [5.74, 6) is -0.803. The highest BCUT2D eigenvalue weighted by molar-refractivity contribution is 6.03. The first-order valence-electron chi connectivity index (χ1n) is 15.5. The molecule has 0 radical (unpaired) electrons. The quantitative estimate of drug-likeness (QED) is 0.278. The molecule has 0 saturated carbocycles. The van der Waals surface area contributed by atoms with E-state index in [-0.39, 0.29) is 27.9 Å². The number of carboxylic acid groups (broad SMARTS) is 1. The number of hydrogen-bond donors (Lipinski definition) is 2. The van der Waals surface area contributed by atoms with Gasteiger partial charge in [-0.15, -0.1) is 0 Å². The molecule has 230 valence electrons. The molecular weight excluding hydrogens is 560 g/mol. The lowest BCUT2D eigenvalue weighted by Gasteiger charge is -2.25. The Labute approximate surface area is 265 Å². The largest absolute Gasteiger partial charge is 0.504 e. The SMILES string of the molecule is CN1/C(=C/C=C2\CCCC(/C=C/C3=[N+](C)c4ccccc4C3(C)C)=C2Oc2cccc(C(=O)O)c2O)C(C)(C)c2ccccc21. The second kappa shape index (κ2) is 11.3. The first-order valence-corrected chi connectivity index (χ1v) is 15.5. The van der Waals surface area contributed by atoms with Gasteiger partial charge < -0.3 is 19.8 Å². The summed E-state index contributed by atoms with van der Waals surface area (Å²) in [5, 5.41) is 20.5. The van der Waals surface area contributed by atoms with Gasteiger partial charge in [0, 0.05) is 41.6 Å². The number of para-hydroxylation sites is 3. The van der Waals surface area contributed by atoms with Gasteiger partial charge in [-0.3, -0.25) is 0 Å². The van der Waals surface area contributed by atoms with Crippen LogP contribution in [-0.2, 0) is 10.8 Å². The summed E-state index contributed by atoms with van der Waals surface area (Å²) in [5.41, 5.74) is 8.78. The molecule has 6 rings (SSSR count). The maximum Gasteiger partial charge on any atom is 0.339 e. The van der Waals surface area contributed by atoms with Crippen LogP contribution in [0.1, 0.15) is 68.4 Å². The van der Waals surface area contributed by atoms with Crippen molar-refractivity contribution in [3.8, 4) is 11.5 Å². The van der Waals surface area contributed by atoms with Crippen molar-refractivity contribution in [3.05, 3.63) is 130 Å². The van der Waals surface area contributed by atoms with Crippen LogP contribution in [0.4, 0.5) is 11.4 Å². The van der Waals surface area contributed by atoms with Crippen molar-refractivity contribution in [1.82, 2.24) is 0 Å². The Morgan fingerprint density at radius 1 is 0.889 bits per heavy atom. The summed E-state index contributed by atoms with van der Waals surface area (Å²) >= 11 is 0. The molecule has 2 aliphatic heterocycles. The molecule has 0 aromatic heterocycles. The second-order valence-corrected chi connectivity index (χ2v) is 13.1. The molecular formula is C39H41N2O4+. The molecule has 6 heteroatoms. The van der Waals surface area contributed by atoms with E-state index in [1.165, 1.54) is 40.0 Å². The third kappa shape index (κ3) is 5.08. The molecule has 0 spiro atoms. The third-order valence-electron chi connectivity index (χ3n) is 9.68. The predicted molar refractivity (Wildman–Crippen MR) is 180 cm³/mol. The first-order chi connectivity index (χ1) is 21.4. The Bertz CT molecular complexity index is 1870. The van der Waals surface area contributed by atoms with Gasteiger partial charge in [-0.1, -0.05) is 62.4 Å². The van der Waals surface area contributed by atoms with E-state index in [9.17, 15) is 15.0 Å². The summed E-state index contributed by atoms with van der Waals surface area (Å²) in [4.78, 5) is 14.0. The molecule has 0 unspecified atom stereocenters. The molecule has 3 aromatic carbocycles. The third-order valence-corrected chi connectivity index (χ3v) is 9.68. The highest BCUT2D eigenvalue weighted by Crippen LogP contribution is 2.47. The van der Waals surface area contributed by atoms with Gasteiger partial charge in [-0.05, 0) is 80.2 Å². The molecule has 1 aliphatic carbocycles. The standard InChI is InChI=1S/C39H40N2O4/c1-38(2)28-16-7-9-18-30(28)40(5)33(38)23-21-25-13-11-14-26(36(25)45-32-20-12-15-27(35(32)42)37(43)44)22-24-34-39(3,4)29-17-8-10-19-31(29)41(34)6/h7-10,12,15-24H,11,13-14H2,1-6H3,(H-,42,43,44)/p+1. The van der Waals surface area contributed by atoms with Crippen molar-refractivity contribution in [2.75, 3.05) is 19.0 Å². The Morgan fingerprint density at radius 2 is 1.60 bits per heavy atom. The summed E-state index contributed by atoms with van der Waals surface area (Å²) in [6.45, 7) is 8.97. The summed E-state index contributed by atoms with van der Waals surface area (Å²) in [6, 6.07) is 21.6. The van der Waals surface area contributed by atoms with E-state index in [1.807, 2.05) is 0 Å². The zero-order valence-corrected chi connectivity index (χ0v) is 26.9. The van der Waals surface area contributed by atoms with Crippen LogP contribution < -0.4 is 9.64 Å². The van der Waals surface area contributed by atoms with Crippen molar-refractivity contribution >= 4 is 23.1 Å². The van der Waals surface area contributed by atoms with Gasteiger partial charge in [-0.2, -0.15) is 4.58 Å². The average molecular weight is 602 g/mol. The fraction of sp³-hybridized carbons (Fsp3) is 0.282. The molecule has 2 N–H and O–H groups in total. The van der Waals surface area contributed by atoms with Crippen LogP contribution in [0.2, 0.25) is 0 Å². The van der Waals surface area contributed by atoms with Crippen molar-refractivity contribution in [3.63, 3.8) is 0 Å². The van der Waals surface area contributed by atoms with Gasteiger partial charge in [-0.25, -0.2) is 4.79 Å². The number of rotatable bonds is 6. The number of fused-ring (bicyclic) bond motifs is 2. The van der Waals surface area contributed by atoms with Crippen molar-refractivity contribution in [2.45, 2.75) is 57.8 Å². The Balaban J connectivity index is 1.45. The number of carbonyl (C=O) groups is 1. The van der Waals surface area contributed by atoms with Gasteiger partial charge in [0.1, 0.15) is 18.4 Å². The summed E-state index contributed by atoms with van der Waals surface area (Å²) in [7, 11) is 4.20. The van der Waals surface area contributed by atoms with Crippen molar-refractivity contribution < 1.29 is 24.3 Å². The van der Waals surface area contributed by atoms with Gasteiger partial charge >= 0.3 is 5.97 Å². The molecule has 0 bridgehead atoms. The number of anilines is 1. The normalized spacial score (nSPS) is 20.4. The van der Waals surface area contributed by atoms with Crippen LogP contribution in [0.5, 0.6) is 11.5 Å². The monoisotopic (exact) mass is 601 g/mol. The fourth-order valence-corrected chi connectivity index (χ4v) is 7.20. The molecule has 6 nitrogen and oxygen atoms in total. The molecule has 2 heterocycles. The van der Waals surface area contributed by atoms with Crippen LogP contribution >= 0.6 is 0 Å². The van der Waals surface area contributed by atoms with E-state index >= 15 is 0 Å².